The van der Waals surface area contributed by atoms with Gasteiger partial charge in [0.1, 0.15) is 0 Å². The van der Waals surface area contributed by atoms with Gasteiger partial charge in [-0.15, -0.1) is 9.79 Å². The van der Waals surface area contributed by atoms with E-state index < -0.39 is 8.25 Å². The molecule has 0 aliphatic rings. The summed E-state index contributed by atoms with van der Waals surface area (Å²) in [5.74, 6) is 0. The van der Waals surface area contributed by atoms with Crippen LogP contribution in [0, 0.1) is 0 Å². The van der Waals surface area contributed by atoms with Crippen molar-refractivity contribution < 1.29 is 19.5 Å². The Labute approximate surface area is 54.3 Å². The summed E-state index contributed by atoms with van der Waals surface area (Å²) in [4.78, 5) is 14.2. The molecule has 0 radical (unpaired) electrons. The molecule has 0 rings (SSSR count). The van der Waals surface area contributed by atoms with Crippen molar-refractivity contribution in [2.24, 2.45) is 0 Å². The third-order valence-electron chi connectivity index (χ3n) is 0.362. The molecule has 0 spiro atoms. The molecule has 0 bridgehead atoms. The van der Waals surface area contributed by atoms with Crippen LogP contribution in [0.5, 0.6) is 0 Å². The highest BCUT2D eigenvalue weighted by atomic mass is 31.1. The van der Waals surface area contributed by atoms with Crippen LogP contribution in [0.15, 0.2) is 0 Å². The zero-order valence-corrected chi connectivity index (χ0v) is 6.01. The zero-order chi connectivity index (χ0) is 7.70. The molecule has 0 aromatic carbocycles. The van der Waals surface area contributed by atoms with Crippen molar-refractivity contribution in [3.05, 3.63) is 0 Å². The largest absolute Gasteiger partial charge is 0.692 e. The fourth-order valence-electron chi connectivity index (χ4n) is 0.112. The molecule has 0 fully saturated rings. The highest BCUT2D eigenvalue weighted by Gasteiger charge is 1.93. The van der Waals surface area contributed by atoms with Gasteiger partial charge in [-0.3, -0.25) is 0 Å². The molecular weight excluding hydrogens is 145 g/mol. The number of hydrogen-bond acceptors (Lipinski definition) is 3. The molecule has 0 aliphatic heterocycles. The van der Waals surface area contributed by atoms with E-state index in [4.69, 9.17) is 19.5 Å². The maximum atomic E-state index is 8.70. The number of rotatable bonds is 2. The summed E-state index contributed by atoms with van der Waals surface area (Å²) in [6.07, 6.45) is 0. The number of aliphatic hydroxyl groups is 1. The standard InChI is InChI=1S/C3H9NO.HO3P/c1-4-2-3-5;1-4(2)3/h4-5H,2-3H2,1H3;(H-,1,2,3)/p+1. The third-order valence-corrected chi connectivity index (χ3v) is 0.362. The minimum absolute atomic E-state index is 0.233. The Balaban J connectivity index is 0. The van der Waals surface area contributed by atoms with E-state index in [9.17, 15) is 0 Å². The molecule has 9 heavy (non-hydrogen) atoms. The Morgan fingerprint density at radius 3 is 1.89 bits per heavy atom. The molecule has 0 amide bonds. The van der Waals surface area contributed by atoms with Gasteiger partial charge >= 0.3 is 8.25 Å². The lowest BCUT2D eigenvalue weighted by molar-refractivity contribution is 0.296. The summed E-state index contributed by atoms with van der Waals surface area (Å²) in [6, 6.07) is 0. The quantitative estimate of drug-likeness (QED) is 0.378. The van der Waals surface area contributed by atoms with Gasteiger partial charge in [-0.1, -0.05) is 0 Å². The van der Waals surface area contributed by atoms with Crippen molar-refractivity contribution in [2.75, 3.05) is 20.2 Å². The van der Waals surface area contributed by atoms with Crippen molar-refractivity contribution in [3.63, 3.8) is 0 Å². The molecule has 56 valence electrons. The van der Waals surface area contributed by atoms with Crippen molar-refractivity contribution in [2.45, 2.75) is 0 Å². The lowest BCUT2D eigenvalue weighted by Gasteiger charge is -1.84. The molecule has 0 atom stereocenters. The second kappa shape index (κ2) is 10.8. The zero-order valence-electron chi connectivity index (χ0n) is 5.11. The third kappa shape index (κ3) is 74.4. The predicted octanol–water partition coefficient (Wildman–Crippen LogP) is -1.17. The van der Waals surface area contributed by atoms with E-state index in [0.717, 1.165) is 0 Å². The van der Waals surface area contributed by atoms with Crippen LogP contribution in [0.2, 0.25) is 0 Å². The lowest BCUT2D eigenvalue weighted by Crippen LogP contribution is -2.10. The van der Waals surface area contributed by atoms with E-state index in [1.807, 2.05) is 0 Å². The second-order valence-corrected chi connectivity index (χ2v) is 1.59. The maximum absolute atomic E-state index is 8.70. The number of nitrogens with one attached hydrogen (secondary N) is 1. The van der Waals surface area contributed by atoms with E-state index in [1.165, 1.54) is 0 Å². The summed E-state index contributed by atoms with van der Waals surface area (Å²) in [7, 11) is -1.07. The molecule has 4 N–H and O–H groups in total. The first-order chi connectivity index (χ1) is 4.15. The lowest BCUT2D eigenvalue weighted by atomic mass is 10.7. The Bertz CT molecular complexity index is 62.8. The molecule has 0 aliphatic carbocycles. The Morgan fingerprint density at radius 1 is 1.56 bits per heavy atom. The normalized spacial score (nSPS) is 7.56. The van der Waals surface area contributed by atoms with E-state index in [1.54, 1.807) is 7.05 Å². The van der Waals surface area contributed by atoms with Crippen molar-refractivity contribution in [1.29, 1.82) is 0 Å². The maximum Gasteiger partial charge on any atom is 0.692 e. The minimum Gasteiger partial charge on any atom is -0.395 e. The van der Waals surface area contributed by atoms with Gasteiger partial charge in [0.2, 0.25) is 0 Å². The first-order valence-corrected chi connectivity index (χ1v) is 3.42. The van der Waals surface area contributed by atoms with Crippen molar-refractivity contribution >= 4 is 8.25 Å². The van der Waals surface area contributed by atoms with Gasteiger partial charge in [-0.05, 0) is 7.05 Å². The summed E-state index contributed by atoms with van der Waals surface area (Å²) in [5.41, 5.74) is 0. The summed E-state index contributed by atoms with van der Waals surface area (Å²) in [6.45, 7) is 0.927. The van der Waals surface area contributed by atoms with E-state index in [2.05, 4.69) is 5.32 Å². The van der Waals surface area contributed by atoms with E-state index in [0.29, 0.717) is 6.54 Å². The summed E-state index contributed by atoms with van der Waals surface area (Å²) >= 11 is 0. The van der Waals surface area contributed by atoms with Crippen molar-refractivity contribution in [1.82, 2.24) is 5.32 Å². The molecular formula is C3H11NO4P+. The highest BCUT2D eigenvalue weighted by Crippen LogP contribution is 1.98. The SMILES string of the molecule is CNCCO.O=[P+](O)O. The molecule has 0 heterocycles. The van der Waals surface area contributed by atoms with Crippen LogP contribution in [0.1, 0.15) is 0 Å². The average molecular weight is 156 g/mol. The van der Waals surface area contributed by atoms with Gasteiger partial charge in [0.15, 0.2) is 0 Å². The predicted molar refractivity (Wildman–Crippen MR) is 33.1 cm³/mol. The van der Waals surface area contributed by atoms with Crippen LogP contribution < -0.4 is 5.32 Å². The Hall–Kier alpha value is -0.0600. The number of likely N-dealkylation sites (N-methyl/N-ethyl adjacent to an activating group) is 1. The first kappa shape index (κ1) is 11.7. The number of hydrogen-bond donors (Lipinski definition) is 4. The van der Waals surface area contributed by atoms with Gasteiger partial charge in [-0.25, -0.2) is 0 Å². The van der Waals surface area contributed by atoms with Crippen molar-refractivity contribution in [3.8, 4) is 0 Å². The summed E-state index contributed by atoms with van der Waals surface area (Å²) in [5, 5.41) is 10.8. The Morgan fingerprint density at radius 2 is 1.89 bits per heavy atom. The summed E-state index contributed by atoms with van der Waals surface area (Å²) < 4.78 is 8.70. The van der Waals surface area contributed by atoms with Crippen LogP contribution in [-0.2, 0) is 4.57 Å². The molecule has 5 nitrogen and oxygen atoms in total. The van der Waals surface area contributed by atoms with Gasteiger partial charge in [0.05, 0.1) is 6.61 Å². The highest BCUT2D eigenvalue weighted by molar-refractivity contribution is 7.30. The molecule has 0 aromatic rings. The average Bonchev–Trinajstić information content (AvgIpc) is 1.66. The van der Waals surface area contributed by atoms with Crippen LogP contribution in [0.4, 0.5) is 0 Å². The van der Waals surface area contributed by atoms with Gasteiger partial charge in [-0.2, -0.15) is 0 Å². The molecule has 0 saturated carbocycles. The van der Waals surface area contributed by atoms with Crippen LogP contribution in [0.3, 0.4) is 0 Å². The van der Waals surface area contributed by atoms with Crippen LogP contribution in [-0.4, -0.2) is 35.1 Å². The molecule has 0 saturated heterocycles. The fraction of sp³-hybridized carbons (Fsp3) is 1.00. The monoisotopic (exact) mass is 156 g/mol. The minimum atomic E-state index is -2.87. The van der Waals surface area contributed by atoms with E-state index in [-0.39, 0.29) is 6.61 Å². The van der Waals surface area contributed by atoms with Gasteiger partial charge in [0, 0.05) is 11.1 Å². The van der Waals surface area contributed by atoms with Crippen LogP contribution >= 0.6 is 8.25 Å². The first-order valence-electron chi connectivity index (χ1n) is 2.25. The Kier molecular flexibility index (Phi) is 14.1. The number of aliphatic hydroxyl groups excluding tert-OH is 1. The fourth-order valence-corrected chi connectivity index (χ4v) is 0.112. The second-order valence-electron chi connectivity index (χ2n) is 1.08. The molecule has 6 heteroatoms. The smallest absolute Gasteiger partial charge is 0.395 e. The van der Waals surface area contributed by atoms with E-state index >= 15 is 0 Å². The van der Waals surface area contributed by atoms with Gasteiger partial charge < -0.3 is 10.4 Å². The topological polar surface area (TPSA) is 89.8 Å². The van der Waals surface area contributed by atoms with Gasteiger partial charge in [0.25, 0.3) is 0 Å². The van der Waals surface area contributed by atoms with Crippen LogP contribution in [0.25, 0.3) is 0 Å². The molecule has 0 unspecified atom stereocenters. The molecule has 0 aromatic heterocycles.